The lowest BCUT2D eigenvalue weighted by molar-refractivity contribution is -0.150. The van der Waals surface area contributed by atoms with Gasteiger partial charge in [0.2, 0.25) is 0 Å². The first kappa shape index (κ1) is 15.4. The van der Waals surface area contributed by atoms with Crippen molar-refractivity contribution in [2.24, 2.45) is 5.92 Å². The van der Waals surface area contributed by atoms with Crippen LogP contribution < -0.4 is 5.32 Å². The number of rotatable bonds is 7. The van der Waals surface area contributed by atoms with Crippen LogP contribution in [0.25, 0.3) is 0 Å². The molecular weight excluding hydrogens is 234 g/mol. The lowest BCUT2D eigenvalue weighted by Gasteiger charge is -2.23. The summed E-state index contributed by atoms with van der Waals surface area (Å²) < 4.78 is 15.9. The van der Waals surface area contributed by atoms with Crippen LogP contribution in [0, 0.1) is 5.92 Å². The summed E-state index contributed by atoms with van der Waals surface area (Å²) in [6.45, 7) is 8.20. The second-order valence-electron chi connectivity index (χ2n) is 5.19. The largest absolute Gasteiger partial charge is 0.465 e. The van der Waals surface area contributed by atoms with Gasteiger partial charge in [-0.3, -0.25) is 4.79 Å². The van der Waals surface area contributed by atoms with Crippen LogP contribution in [0.4, 0.5) is 0 Å². The fraction of sp³-hybridized carbons (Fsp3) is 0.923. The van der Waals surface area contributed by atoms with Crippen molar-refractivity contribution in [2.45, 2.75) is 38.8 Å². The van der Waals surface area contributed by atoms with Crippen LogP contribution in [0.15, 0.2) is 0 Å². The number of hydrogen-bond acceptors (Lipinski definition) is 5. The van der Waals surface area contributed by atoms with E-state index in [1.807, 2.05) is 20.8 Å². The van der Waals surface area contributed by atoms with E-state index in [0.717, 1.165) is 6.54 Å². The van der Waals surface area contributed by atoms with Crippen LogP contribution in [0.5, 0.6) is 0 Å². The average molecular weight is 259 g/mol. The standard InChI is InChI=1S/C13H25NO4/c1-5-14-11-9-17-8-10(11)12(15)18-7-6-13(2,3)16-4/h10-11,14H,5-9H2,1-4H3. The van der Waals surface area contributed by atoms with Crippen molar-refractivity contribution < 1.29 is 19.0 Å². The molecule has 1 fully saturated rings. The molecule has 5 nitrogen and oxygen atoms in total. The van der Waals surface area contributed by atoms with Crippen molar-refractivity contribution >= 4 is 5.97 Å². The normalized spacial score (nSPS) is 24.2. The molecule has 1 aliphatic rings. The SMILES string of the molecule is CCNC1COCC1C(=O)OCCC(C)(C)OC. The number of likely N-dealkylation sites (N-methyl/N-ethyl adjacent to an activating group) is 1. The van der Waals surface area contributed by atoms with Crippen LogP contribution in [-0.2, 0) is 19.0 Å². The summed E-state index contributed by atoms with van der Waals surface area (Å²) in [6.07, 6.45) is 0.689. The van der Waals surface area contributed by atoms with Gasteiger partial charge >= 0.3 is 5.97 Å². The van der Waals surface area contributed by atoms with Gasteiger partial charge in [-0.05, 0) is 20.4 Å². The third kappa shape index (κ3) is 4.55. The summed E-state index contributed by atoms with van der Waals surface area (Å²) in [4.78, 5) is 11.9. The average Bonchev–Trinajstić information content (AvgIpc) is 2.77. The molecule has 0 aromatic rings. The van der Waals surface area contributed by atoms with E-state index in [1.165, 1.54) is 0 Å². The lowest BCUT2D eigenvalue weighted by Crippen LogP contribution is -2.40. The minimum absolute atomic E-state index is 0.0814. The van der Waals surface area contributed by atoms with Gasteiger partial charge in [0.1, 0.15) is 0 Å². The van der Waals surface area contributed by atoms with Crippen molar-refractivity contribution in [2.75, 3.05) is 33.5 Å². The first-order valence-electron chi connectivity index (χ1n) is 6.53. The maximum atomic E-state index is 11.9. The van der Waals surface area contributed by atoms with Crippen LogP contribution in [0.2, 0.25) is 0 Å². The summed E-state index contributed by atoms with van der Waals surface area (Å²) in [5.41, 5.74) is -0.256. The molecule has 0 aromatic carbocycles. The van der Waals surface area contributed by atoms with E-state index in [-0.39, 0.29) is 23.5 Å². The molecule has 1 rings (SSSR count). The van der Waals surface area contributed by atoms with E-state index >= 15 is 0 Å². The lowest BCUT2D eigenvalue weighted by atomic mass is 10.0. The molecule has 0 bridgehead atoms. The van der Waals surface area contributed by atoms with Gasteiger partial charge in [0.05, 0.1) is 31.3 Å². The van der Waals surface area contributed by atoms with Crippen molar-refractivity contribution in [3.8, 4) is 0 Å². The second-order valence-corrected chi connectivity index (χ2v) is 5.19. The van der Waals surface area contributed by atoms with Crippen LogP contribution in [0.1, 0.15) is 27.2 Å². The van der Waals surface area contributed by atoms with Crippen LogP contribution in [0.3, 0.4) is 0 Å². The quantitative estimate of drug-likeness (QED) is 0.690. The molecule has 0 radical (unpaired) electrons. The molecule has 1 aliphatic heterocycles. The Morgan fingerprint density at radius 1 is 1.44 bits per heavy atom. The molecule has 2 atom stereocenters. The Bertz CT molecular complexity index is 268. The fourth-order valence-corrected chi connectivity index (χ4v) is 1.86. The molecule has 18 heavy (non-hydrogen) atoms. The Balaban J connectivity index is 2.32. The molecule has 0 spiro atoms. The first-order valence-corrected chi connectivity index (χ1v) is 6.53. The molecule has 1 saturated heterocycles. The third-order valence-electron chi connectivity index (χ3n) is 3.35. The van der Waals surface area contributed by atoms with Gasteiger partial charge in [0, 0.05) is 19.6 Å². The molecule has 1 N–H and O–H groups in total. The third-order valence-corrected chi connectivity index (χ3v) is 3.35. The zero-order valence-electron chi connectivity index (χ0n) is 11.8. The molecule has 5 heteroatoms. The molecule has 1 heterocycles. The van der Waals surface area contributed by atoms with Gasteiger partial charge in [-0.25, -0.2) is 0 Å². The number of carbonyl (C=O) groups excluding carboxylic acids is 1. The van der Waals surface area contributed by atoms with Gasteiger partial charge in [0.25, 0.3) is 0 Å². The van der Waals surface area contributed by atoms with Gasteiger partial charge in [-0.2, -0.15) is 0 Å². The minimum atomic E-state index is -0.256. The van der Waals surface area contributed by atoms with Crippen molar-refractivity contribution in [3.63, 3.8) is 0 Å². The van der Waals surface area contributed by atoms with E-state index in [1.54, 1.807) is 7.11 Å². The van der Waals surface area contributed by atoms with Gasteiger partial charge < -0.3 is 19.5 Å². The highest BCUT2D eigenvalue weighted by Gasteiger charge is 2.34. The van der Waals surface area contributed by atoms with E-state index in [2.05, 4.69) is 5.32 Å². The number of ether oxygens (including phenoxy) is 3. The molecule has 0 aromatic heterocycles. The predicted molar refractivity (Wildman–Crippen MR) is 68.4 cm³/mol. The van der Waals surface area contributed by atoms with E-state index in [0.29, 0.717) is 26.2 Å². The first-order chi connectivity index (χ1) is 8.50. The van der Waals surface area contributed by atoms with Crippen molar-refractivity contribution in [3.05, 3.63) is 0 Å². The van der Waals surface area contributed by atoms with Gasteiger partial charge in [-0.1, -0.05) is 6.92 Å². The fourth-order valence-electron chi connectivity index (χ4n) is 1.86. The molecule has 106 valence electrons. The summed E-state index contributed by atoms with van der Waals surface area (Å²) in [6, 6.07) is 0.0814. The Morgan fingerprint density at radius 3 is 2.78 bits per heavy atom. The molecule has 0 saturated carbocycles. The Morgan fingerprint density at radius 2 is 2.17 bits per heavy atom. The number of esters is 1. The Labute approximate surface area is 109 Å². The molecule has 0 aliphatic carbocycles. The van der Waals surface area contributed by atoms with Crippen molar-refractivity contribution in [1.29, 1.82) is 0 Å². The second kappa shape index (κ2) is 7.07. The number of hydrogen-bond donors (Lipinski definition) is 1. The Hall–Kier alpha value is -0.650. The maximum Gasteiger partial charge on any atom is 0.312 e. The summed E-state index contributed by atoms with van der Waals surface area (Å²) >= 11 is 0. The topological polar surface area (TPSA) is 56.8 Å². The predicted octanol–water partition coefficient (Wildman–Crippen LogP) is 0.969. The minimum Gasteiger partial charge on any atom is -0.465 e. The van der Waals surface area contributed by atoms with E-state index in [9.17, 15) is 4.79 Å². The monoisotopic (exact) mass is 259 g/mol. The summed E-state index contributed by atoms with van der Waals surface area (Å²) in [7, 11) is 1.66. The molecular formula is C13H25NO4. The highest BCUT2D eigenvalue weighted by molar-refractivity contribution is 5.73. The Kier molecular flexibility index (Phi) is 6.05. The smallest absolute Gasteiger partial charge is 0.312 e. The van der Waals surface area contributed by atoms with Crippen LogP contribution in [-0.4, -0.2) is 51.1 Å². The van der Waals surface area contributed by atoms with E-state index in [4.69, 9.17) is 14.2 Å². The zero-order chi connectivity index (χ0) is 13.6. The van der Waals surface area contributed by atoms with Gasteiger partial charge in [-0.15, -0.1) is 0 Å². The maximum absolute atomic E-state index is 11.9. The van der Waals surface area contributed by atoms with Crippen LogP contribution >= 0.6 is 0 Å². The summed E-state index contributed by atoms with van der Waals surface area (Å²) in [5.74, 6) is -0.360. The van der Waals surface area contributed by atoms with E-state index < -0.39 is 0 Å². The number of methoxy groups -OCH3 is 1. The highest BCUT2D eigenvalue weighted by atomic mass is 16.5. The summed E-state index contributed by atoms with van der Waals surface area (Å²) in [5, 5.41) is 3.24. The van der Waals surface area contributed by atoms with Gasteiger partial charge in [0.15, 0.2) is 0 Å². The molecule has 0 amide bonds. The zero-order valence-corrected chi connectivity index (χ0v) is 11.8. The van der Waals surface area contributed by atoms with Crippen molar-refractivity contribution in [1.82, 2.24) is 5.32 Å². The number of nitrogens with one attached hydrogen (secondary N) is 1. The number of carbonyl (C=O) groups is 1. The highest BCUT2D eigenvalue weighted by Crippen LogP contribution is 2.17. The molecule has 2 unspecified atom stereocenters.